The van der Waals surface area contributed by atoms with Gasteiger partial charge in [0.25, 0.3) is 0 Å². The summed E-state index contributed by atoms with van der Waals surface area (Å²) in [5.74, 6) is -2.49. The normalized spacial score (nSPS) is 37.9. The number of fused-ring (bicyclic) bond motifs is 1. The number of hydrogen-bond donors (Lipinski definition) is 2. The summed E-state index contributed by atoms with van der Waals surface area (Å²) < 4.78 is 17.3. The van der Waals surface area contributed by atoms with E-state index in [1.165, 1.54) is 4.90 Å². The van der Waals surface area contributed by atoms with Crippen LogP contribution < -0.4 is 5.32 Å². The van der Waals surface area contributed by atoms with Crippen molar-refractivity contribution in [2.45, 2.75) is 50.9 Å². The molecule has 0 saturated carbocycles. The molecule has 186 valence electrons. The van der Waals surface area contributed by atoms with Crippen LogP contribution in [-0.2, 0) is 28.6 Å². The maximum atomic E-state index is 13.6. The van der Waals surface area contributed by atoms with Gasteiger partial charge >= 0.3 is 5.97 Å². The Balaban J connectivity index is 1.58. The quantitative estimate of drug-likeness (QED) is 0.432. The summed E-state index contributed by atoms with van der Waals surface area (Å²) in [5.41, 5.74) is -1.93. The Kier molecular flexibility index (Phi) is 7.00. The average Bonchev–Trinajstić information content (AvgIpc) is 3.30. The highest BCUT2D eigenvalue weighted by atomic mass is 16.6. The van der Waals surface area contributed by atoms with Crippen molar-refractivity contribution in [2.24, 2.45) is 17.8 Å². The van der Waals surface area contributed by atoms with Gasteiger partial charge in [-0.15, -0.1) is 0 Å². The molecule has 4 aliphatic heterocycles. The second kappa shape index (κ2) is 9.48. The molecule has 0 aromatic rings. The Morgan fingerprint density at radius 2 is 2.00 bits per heavy atom. The summed E-state index contributed by atoms with van der Waals surface area (Å²) in [5, 5.41) is 12.4. The lowest BCUT2D eigenvalue weighted by atomic mass is 9.62. The first-order valence-electron chi connectivity index (χ1n) is 12.2. The lowest BCUT2D eigenvalue weighted by Crippen LogP contribution is -2.56. The first-order valence-corrected chi connectivity index (χ1v) is 12.2. The van der Waals surface area contributed by atoms with Crippen molar-refractivity contribution >= 4 is 17.8 Å². The second-order valence-electron chi connectivity index (χ2n) is 9.81. The molecule has 1 spiro atoms. The van der Waals surface area contributed by atoms with Crippen LogP contribution in [0.25, 0.3) is 0 Å². The number of amides is 2. The summed E-state index contributed by atoms with van der Waals surface area (Å²) in [6, 6.07) is -0.838. The SMILES string of the molecule is CCOC(=O)[C@H]1[C@H]2C(=O)N(CCCO)C(C(=O)NCCN3CCOCC3)C23CC(C)[C@]1(C)O3. The molecule has 10 nitrogen and oxygen atoms in total. The van der Waals surface area contributed by atoms with Gasteiger partial charge in [-0.2, -0.15) is 0 Å². The third kappa shape index (κ3) is 3.94. The van der Waals surface area contributed by atoms with E-state index in [2.05, 4.69) is 10.2 Å². The Morgan fingerprint density at radius 3 is 2.67 bits per heavy atom. The van der Waals surface area contributed by atoms with Gasteiger partial charge in [0.2, 0.25) is 11.8 Å². The molecule has 0 radical (unpaired) electrons. The van der Waals surface area contributed by atoms with Gasteiger partial charge in [-0.1, -0.05) is 6.92 Å². The highest BCUT2D eigenvalue weighted by molar-refractivity contribution is 5.98. The van der Waals surface area contributed by atoms with Gasteiger partial charge in [0, 0.05) is 39.3 Å². The second-order valence-corrected chi connectivity index (χ2v) is 9.81. The monoisotopic (exact) mass is 467 g/mol. The Hall–Kier alpha value is -1.75. The van der Waals surface area contributed by atoms with Crippen LogP contribution in [0.5, 0.6) is 0 Å². The maximum absolute atomic E-state index is 13.6. The maximum Gasteiger partial charge on any atom is 0.312 e. The van der Waals surface area contributed by atoms with E-state index in [0.717, 1.165) is 13.1 Å². The van der Waals surface area contributed by atoms with Crippen molar-refractivity contribution in [1.29, 1.82) is 0 Å². The molecule has 2 amide bonds. The molecule has 4 fully saturated rings. The number of morpholine rings is 1. The van der Waals surface area contributed by atoms with Gasteiger partial charge < -0.3 is 29.5 Å². The molecular formula is C23H37N3O7. The zero-order valence-corrected chi connectivity index (χ0v) is 19.9. The van der Waals surface area contributed by atoms with Crippen molar-refractivity contribution in [2.75, 3.05) is 59.2 Å². The Bertz CT molecular complexity index is 773. The fraction of sp³-hybridized carbons (Fsp3) is 0.870. The number of aliphatic hydroxyl groups excluding tert-OH is 1. The van der Waals surface area contributed by atoms with Crippen LogP contribution in [-0.4, -0.2) is 109 Å². The number of nitrogens with one attached hydrogen (secondary N) is 1. The highest BCUT2D eigenvalue weighted by Crippen LogP contribution is 2.65. The van der Waals surface area contributed by atoms with Crippen LogP contribution in [0, 0.1) is 17.8 Å². The smallest absolute Gasteiger partial charge is 0.312 e. The number of aliphatic hydroxyl groups is 1. The third-order valence-corrected chi connectivity index (χ3v) is 7.99. The predicted octanol–water partition coefficient (Wildman–Crippen LogP) is -0.609. The third-order valence-electron chi connectivity index (χ3n) is 7.99. The van der Waals surface area contributed by atoms with E-state index in [-0.39, 0.29) is 37.5 Å². The number of carbonyl (C=O) groups is 3. The predicted molar refractivity (Wildman–Crippen MR) is 117 cm³/mol. The van der Waals surface area contributed by atoms with Gasteiger partial charge in [-0.25, -0.2) is 0 Å². The van der Waals surface area contributed by atoms with E-state index in [4.69, 9.17) is 14.2 Å². The number of carbonyl (C=O) groups excluding carboxylic acids is 3. The molecule has 4 heterocycles. The van der Waals surface area contributed by atoms with Crippen LogP contribution in [0.4, 0.5) is 0 Å². The van der Waals surface area contributed by atoms with Crippen molar-refractivity contribution in [3.05, 3.63) is 0 Å². The van der Waals surface area contributed by atoms with E-state index in [0.29, 0.717) is 39.1 Å². The lowest BCUT2D eigenvalue weighted by Gasteiger charge is -2.35. The van der Waals surface area contributed by atoms with Crippen LogP contribution in [0.3, 0.4) is 0 Å². The molecule has 2 N–H and O–H groups in total. The molecule has 2 bridgehead atoms. The van der Waals surface area contributed by atoms with E-state index in [1.807, 2.05) is 13.8 Å². The molecular weight excluding hydrogens is 430 g/mol. The van der Waals surface area contributed by atoms with Gasteiger partial charge in [0.1, 0.15) is 17.6 Å². The summed E-state index contributed by atoms with van der Waals surface area (Å²) in [6.45, 7) is 10.1. The molecule has 0 aliphatic carbocycles. The first kappa shape index (κ1) is 24.4. The zero-order valence-electron chi connectivity index (χ0n) is 19.9. The van der Waals surface area contributed by atoms with Crippen LogP contribution in [0.15, 0.2) is 0 Å². The Morgan fingerprint density at radius 1 is 1.27 bits per heavy atom. The Labute approximate surface area is 194 Å². The molecule has 3 unspecified atom stereocenters. The topological polar surface area (TPSA) is 118 Å². The molecule has 33 heavy (non-hydrogen) atoms. The molecule has 4 aliphatic rings. The fourth-order valence-corrected chi connectivity index (χ4v) is 6.37. The summed E-state index contributed by atoms with van der Waals surface area (Å²) >= 11 is 0. The summed E-state index contributed by atoms with van der Waals surface area (Å²) in [4.78, 5) is 43.9. The van der Waals surface area contributed by atoms with Crippen LogP contribution in [0.2, 0.25) is 0 Å². The van der Waals surface area contributed by atoms with Crippen molar-refractivity contribution in [3.63, 3.8) is 0 Å². The van der Waals surface area contributed by atoms with Crippen molar-refractivity contribution in [1.82, 2.24) is 15.1 Å². The van der Waals surface area contributed by atoms with Gasteiger partial charge in [-0.3, -0.25) is 19.3 Å². The van der Waals surface area contributed by atoms with E-state index < -0.39 is 35.0 Å². The van der Waals surface area contributed by atoms with Gasteiger partial charge in [0.15, 0.2) is 0 Å². The summed E-state index contributed by atoms with van der Waals surface area (Å²) in [7, 11) is 0. The van der Waals surface area contributed by atoms with E-state index in [9.17, 15) is 19.5 Å². The molecule has 10 heteroatoms. The van der Waals surface area contributed by atoms with Crippen molar-refractivity contribution in [3.8, 4) is 0 Å². The zero-order chi connectivity index (χ0) is 23.8. The number of likely N-dealkylation sites (tertiary alicyclic amines) is 1. The van der Waals surface area contributed by atoms with Crippen LogP contribution in [0.1, 0.15) is 33.6 Å². The number of nitrogens with zero attached hydrogens (tertiary/aromatic N) is 2. The molecule has 6 atom stereocenters. The minimum Gasteiger partial charge on any atom is -0.466 e. The van der Waals surface area contributed by atoms with Crippen LogP contribution >= 0.6 is 0 Å². The minimum absolute atomic E-state index is 0.0163. The lowest BCUT2D eigenvalue weighted by molar-refractivity contribution is -0.161. The molecule has 0 aromatic carbocycles. The number of hydrogen-bond acceptors (Lipinski definition) is 8. The number of rotatable bonds is 9. The molecule has 4 rings (SSSR count). The number of esters is 1. The number of ether oxygens (including phenoxy) is 3. The van der Waals surface area contributed by atoms with Crippen molar-refractivity contribution < 1.29 is 33.7 Å². The minimum atomic E-state index is -1.07. The summed E-state index contributed by atoms with van der Waals surface area (Å²) in [6.07, 6.45) is 0.871. The average molecular weight is 468 g/mol. The van der Waals surface area contributed by atoms with E-state index >= 15 is 0 Å². The fourth-order valence-electron chi connectivity index (χ4n) is 6.37. The standard InChI is InChI=1S/C23H37N3O7/c1-4-32-21(30)17-16-20(29)26(7-5-11-27)18(23(16)14-15(2)22(17,3)33-23)19(28)24-6-8-25-9-12-31-13-10-25/h15-18,27H,4-14H2,1-3H3,(H,24,28)/t15?,16-,17+,18?,22-,23?/m0/s1. The van der Waals surface area contributed by atoms with Gasteiger partial charge in [-0.05, 0) is 32.6 Å². The molecule has 4 saturated heterocycles. The largest absolute Gasteiger partial charge is 0.466 e. The molecule has 0 aromatic heterocycles. The van der Waals surface area contributed by atoms with Gasteiger partial charge in [0.05, 0.1) is 31.3 Å². The first-order chi connectivity index (χ1) is 15.8. The van der Waals surface area contributed by atoms with E-state index in [1.54, 1.807) is 6.92 Å². The highest BCUT2D eigenvalue weighted by Gasteiger charge is 2.80.